The molecule has 1 unspecified atom stereocenters. The number of rotatable bonds is 7. The van der Waals surface area contributed by atoms with Crippen LogP contribution in [-0.2, 0) is 0 Å². The van der Waals surface area contributed by atoms with Crippen molar-refractivity contribution in [3.8, 4) is 5.88 Å². The molecule has 1 heterocycles. The number of ether oxygens (including phenoxy) is 1. The predicted octanol–water partition coefficient (Wildman–Crippen LogP) is 3.35. The summed E-state index contributed by atoms with van der Waals surface area (Å²) in [5, 5.41) is 3.25. The average Bonchev–Trinajstić information content (AvgIpc) is 3.13. The van der Waals surface area contributed by atoms with Crippen molar-refractivity contribution in [3.63, 3.8) is 0 Å². The largest absolute Gasteiger partial charge is 0.475 e. The number of anilines is 1. The minimum Gasteiger partial charge on any atom is -0.475 e. The van der Waals surface area contributed by atoms with Crippen molar-refractivity contribution in [3.05, 3.63) is 11.9 Å². The molecule has 4 nitrogen and oxygen atoms in total. The van der Waals surface area contributed by atoms with Gasteiger partial charge in [0.1, 0.15) is 11.6 Å². The Morgan fingerprint density at radius 1 is 1.39 bits per heavy atom. The molecule has 100 valence electrons. The van der Waals surface area contributed by atoms with Crippen molar-refractivity contribution in [2.75, 3.05) is 11.9 Å². The van der Waals surface area contributed by atoms with Crippen LogP contribution >= 0.6 is 0 Å². The van der Waals surface area contributed by atoms with E-state index in [0.29, 0.717) is 11.8 Å². The predicted molar refractivity (Wildman–Crippen MR) is 73.2 cm³/mol. The van der Waals surface area contributed by atoms with E-state index in [1.54, 1.807) is 0 Å². The lowest BCUT2D eigenvalue weighted by Gasteiger charge is -2.14. The van der Waals surface area contributed by atoms with Gasteiger partial charge in [-0.25, -0.2) is 4.98 Å². The van der Waals surface area contributed by atoms with Crippen LogP contribution in [0.4, 0.5) is 5.82 Å². The molecule has 0 radical (unpaired) electrons. The van der Waals surface area contributed by atoms with Crippen LogP contribution in [0.2, 0.25) is 0 Å². The minimum atomic E-state index is 0.214. The van der Waals surface area contributed by atoms with Gasteiger partial charge in [0, 0.05) is 18.5 Å². The third-order valence-electron chi connectivity index (χ3n) is 3.04. The molecular weight excluding hydrogens is 226 g/mol. The molecule has 0 amide bonds. The van der Waals surface area contributed by atoms with Crippen LogP contribution in [-0.4, -0.2) is 22.6 Å². The van der Waals surface area contributed by atoms with Gasteiger partial charge in [-0.2, -0.15) is 4.98 Å². The molecule has 0 aromatic carbocycles. The van der Waals surface area contributed by atoms with Gasteiger partial charge < -0.3 is 10.1 Å². The van der Waals surface area contributed by atoms with Gasteiger partial charge in [0.2, 0.25) is 5.88 Å². The first-order chi connectivity index (χ1) is 8.72. The molecule has 1 aliphatic rings. The van der Waals surface area contributed by atoms with E-state index >= 15 is 0 Å². The molecule has 1 aromatic heterocycles. The van der Waals surface area contributed by atoms with Crippen LogP contribution in [0.5, 0.6) is 5.88 Å². The van der Waals surface area contributed by atoms with Gasteiger partial charge in [0.05, 0.1) is 6.10 Å². The van der Waals surface area contributed by atoms with Crippen LogP contribution in [0.1, 0.15) is 58.2 Å². The number of nitrogens with one attached hydrogen (secondary N) is 1. The lowest BCUT2D eigenvalue weighted by molar-refractivity contribution is 0.200. The summed E-state index contributed by atoms with van der Waals surface area (Å²) in [6.45, 7) is 7.19. The van der Waals surface area contributed by atoms with E-state index < -0.39 is 0 Å². The summed E-state index contributed by atoms with van der Waals surface area (Å²) >= 11 is 0. The summed E-state index contributed by atoms with van der Waals surface area (Å²) < 4.78 is 5.87. The van der Waals surface area contributed by atoms with Crippen molar-refractivity contribution in [2.45, 2.75) is 58.5 Å². The molecule has 18 heavy (non-hydrogen) atoms. The molecule has 1 N–H and O–H groups in total. The Hall–Kier alpha value is -1.32. The molecular formula is C14H23N3O. The fourth-order valence-corrected chi connectivity index (χ4v) is 1.97. The summed E-state index contributed by atoms with van der Waals surface area (Å²) in [7, 11) is 0. The Bertz CT molecular complexity index is 391. The zero-order valence-corrected chi connectivity index (χ0v) is 11.6. The summed E-state index contributed by atoms with van der Waals surface area (Å²) in [4.78, 5) is 9.06. The maximum absolute atomic E-state index is 5.87. The zero-order valence-electron chi connectivity index (χ0n) is 11.6. The number of hydrogen-bond acceptors (Lipinski definition) is 4. The molecule has 1 aromatic rings. The number of aromatic nitrogens is 2. The quantitative estimate of drug-likeness (QED) is 0.805. The lowest BCUT2D eigenvalue weighted by Crippen LogP contribution is -2.13. The van der Waals surface area contributed by atoms with Gasteiger partial charge in [0.15, 0.2) is 0 Å². The van der Waals surface area contributed by atoms with Crippen molar-refractivity contribution in [1.82, 2.24) is 9.97 Å². The van der Waals surface area contributed by atoms with Gasteiger partial charge >= 0.3 is 0 Å². The standard InChI is InChI=1S/C14H23N3O/c1-4-6-10(3)18-13-9-12(15-5-2)16-14(17-13)11-7-8-11/h9-11H,4-8H2,1-3H3,(H,15,16,17). The van der Waals surface area contributed by atoms with E-state index in [2.05, 4.69) is 36.1 Å². The maximum atomic E-state index is 5.87. The first-order valence-electron chi connectivity index (χ1n) is 7.02. The smallest absolute Gasteiger partial charge is 0.218 e. The second-order valence-electron chi connectivity index (χ2n) is 4.97. The van der Waals surface area contributed by atoms with E-state index in [9.17, 15) is 0 Å². The highest BCUT2D eigenvalue weighted by molar-refractivity contribution is 5.39. The van der Waals surface area contributed by atoms with Gasteiger partial charge in [-0.15, -0.1) is 0 Å². The second-order valence-corrected chi connectivity index (χ2v) is 4.97. The molecule has 1 atom stereocenters. The Labute approximate surface area is 109 Å². The van der Waals surface area contributed by atoms with Crippen molar-refractivity contribution in [2.24, 2.45) is 0 Å². The Kier molecular flexibility index (Phi) is 4.39. The van der Waals surface area contributed by atoms with E-state index in [1.807, 2.05) is 6.07 Å². The summed E-state index contributed by atoms with van der Waals surface area (Å²) in [5.41, 5.74) is 0. The van der Waals surface area contributed by atoms with Gasteiger partial charge in [-0.05, 0) is 33.1 Å². The molecule has 4 heteroatoms. The normalized spacial score (nSPS) is 16.4. The Balaban J connectivity index is 2.11. The highest BCUT2D eigenvalue weighted by atomic mass is 16.5. The third-order valence-corrected chi connectivity index (χ3v) is 3.04. The molecule has 1 fully saturated rings. The fourth-order valence-electron chi connectivity index (χ4n) is 1.97. The van der Waals surface area contributed by atoms with E-state index in [-0.39, 0.29) is 6.10 Å². The van der Waals surface area contributed by atoms with Crippen molar-refractivity contribution in [1.29, 1.82) is 0 Å². The average molecular weight is 249 g/mol. The number of hydrogen-bond donors (Lipinski definition) is 1. The zero-order chi connectivity index (χ0) is 13.0. The summed E-state index contributed by atoms with van der Waals surface area (Å²) in [6.07, 6.45) is 4.81. The SMILES string of the molecule is CCCC(C)Oc1cc(NCC)nc(C2CC2)n1. The van der Waals surface area contributed by atoms with E-state index in [0.717, 1.165) is 31.0 Å². The molecule has 1 saturated carbocycles. The first kappa shape index (κ1) is 13.1. The topological polar surface area (TPSA) is 47.0 Å². The van der Waals surface area contributed by atoms with Crippen LogP contribution < -0.4 is 10.1 Å². The van der Waals surface area contributed by atoms with Crippen LogP contribution in [0.15, 0.2) is 6.07 Å². The monoisotopic (exact) mass is 249 g/mol. The van der Waals surface area contributed by atoms with Crippen LogP contribution in [0.25, 0.3) is 0 Å². The maximum Gasteiger partial charge on any atom is 0.218 e. The van der Waals surface area contributed by atoms with Gasteiger partial charge in [-0.3, -0.25) is 0 Å². The molecule has 0 saturated heterocycles. The lowest BCUT2D eigenvalue weighted by atomic mass is 10.2. The molecule has 0 spiro atoms. The minimum absolute atomic E-state index is 0.214. The fraction of sp³-hybridized carbons (Fsp3) is 0.714. The van der Waals surface area contributed by atoms with E-state index in [4.69, 9.17) is 4.74 Å². The molecule has 0 bridgehead atoms. The molecule has 2 rings (SSSR count). The van der Waals surface area contributed by atoms with Gasteiger partial charge in [-0.1, -0.05) is 13.3 Å². The summed E-state index contributed by atoms with van der Waals surface area (Å²) in [6, 6.07) is 1.90. The Morgan fingerprint density at radius 2 is 2.17 bits per heavy atom. The highest BCUT2D eigenvalue weighted by Gasteiger charge is 2.27. The van der Waals surface area contributed by atoms with Crippen molar-refractivity contribution < 1.29 is 4.74 Å². The van der Waals surface area contributed by atoms with E-state index in [1.165, 1.54) is 12.8 Å². The third kappa shape index (κ3) is 3.59. The number of nitrogens with zero attached hydrogens (tertiary/aromatic N) is 2. The highest BCUT2D eigenvalue weighted by Crippen LogP contribution is 2.39. The molecule has 1 aliphatic carbocycles. The van der Waals surface area contributed by atoms with Crippen molar-refractivity contribution >= 4 is 5.82 Å². The van der Waals surface area contributed by atoms with Gasteiger partial charge in [0.25, 0.3) is 0 Å². The Morgan fingerprint density at radius 3 is 2.78 bits per heavy atom. The van der Waals surface area contributed by atoms with Crippen LogP contribution in [0.3, 0.4) is 0 Å². The summed E-state index contributed by atoms with van der Waals surface area (Å²) in [5.74, 6) is 3.08. The first-order valence-corrected chi connectivity index (χ1v) is 7.02. The van der Waals surface area contributed by atoms with Crippen LogP contribution in [0, 0.1) is 0 Å². The molecule has 0 aliphatic heterocycles. The second kappa shape index (κ2) is 6.03.